The number of hydrogen-bond acceptors (Lipinski definition) is 4. The normalized spacial score (nSPS) is 13.8. The predicted molar refractivity (Wildman–Crippen MR) is 65.3 cm³/mol. The lowest BCUT2D eigenvalue weighted by molar-refractivity contribution is -0.136. The van der Waals surface area contributed by atoms with E-state index in [1.807, 2.05) is 0 Å². The highest BCUT2D eigenvalue weighted by Crippen LogP contribution is 2.28. The van der Waals surface area contributed by atoms with E-state index in [2.05, 4.69) is 4.72 Å². The Morgan fingerprint density at radius 3 is 2.94 bits per heavy atom. The van der Waals surface area contributed by atoms with Gasteiger partial charge in [-0.3, -0.25) is 9.52 Å². The highest BCUT2D eigenvalue weighted by atomic mass is 32.2. The Balaban J connectivity index is 2.07. The van der Waals surface area contributed by atoms with Gasteiger partial charge in [-0.2, -0.15) is 0 Å². The van der Waals surface area contributed by atoms with Gasteiger partial charge in [0.15, 0.2) is 0 Å². The fraction of sp³-hybridized carbons (Fsp3) is 0.364. The van der Waals surface area contributed by atoms with Gasteiger partial charge >= 0.3 is 5.97 Å². The molecule has 2 rings (SSSR count). The van der Waals surface area contributed by atoms with Crippen LogP contribution in [0.4, 0.5) is 5.69 Å². The molecule has 0 aromatic heterocycles. The first kappa shape index (κ1) is 12.7. The first-order valence-electron chi connectivity index (χ1n) is 5.44. The van der Waals surface area contributed by atoms with Gasteiger partial charge in [-0.05, 0) is 23.8 Å². The number of fused-ring (bicyclic) bond motifs is 1. The van der Waals surface area contributed by atoms with Crippen LogP contribution in [0.3, 0.4) is 0 Å². The first-order valence-corrected chi connectivity index (χ1v) is 7.09. The van der Waals surface area contributed by atoms with E-state index < -0.39 is 28.2 Å². The van der Waals surface area contributed by atoms with E-state index in [1.54, 1.807) is 18.2 Å². The molecule has 0 bridgehead atoms. The van der Waals surface area contributed by atoms with Crippen molar-refractivity contribution in [3.63, 3.8) is 0 Å². The fourth-order valence-corrected chi connectivity index (χ4v) is 2.73. The van der Waals surface area contributed by atoms with Gasteiger partial charge in [0.1, 0.15) is 5.75 Å². The number of carboxylic acid groups (broad SMARTS) is 1. The maximum atomic E-state index is 11.6. The molecule has 6 nitrogen and oxygen atoms in total. The molecule has 1 aliphatic heterocycles. The molecule has 98 valence electrons. The van der Waals surface area contributed by atoms with Crippen LogP contribution in [-0.4, -0.2) is 31.9 Å². The van der Waals surface area contributed by atoms with Gasteiger partial charge in [0.2, 0.25) is 10.0 Å². The summed E-state index contributed by atoms with van der Waals surface area (Å²) < 4.78 is 30.9. The number of aliphatic carboxylic acids is 1. The SMILES string of the molecule is O=C(O)CCS(=O)(=O)Nc1ccc2c(c1)CCO2. The molecule has 0 amide bonds. The van der Waals surface area contributed by atoms with Crippen LogP contribution in [0.2, 0.25) is 0 Å². The summed E-state index contributed by atoms with van der Waals surface area (Å²) in [6.45, 7) is 0.602. The van der Waals surface area contributed by atoms with E-state index in [0.29, 0.717) is 12.3 Å². The largest absolute Gasteiger partial charge is 0.493 e. The highest BCUT2D eigenvalue weighted by Gasteiger charge is 2.16. The lowest BCUT2D eigenvalue weighted by Gasteiger charge is -2.08. The van der Waals surface area contributed by atoms with Crippen molar-refractivity contribution < 1.29 is 23.1 Å². The Morgan fingerprint density at radius 2 is 2.22 bits per heavy atom. The third-order valence-corrected chi connectivity index (χ3v) is 3.84. The third-order valence-electron chi connectivity index (χ3n) is 2.55. The van der Waals surface area contributed by atoms with Crippen molar-refractivity contribution in [2.45, 2.75) is 12.8 Å². The van der Waals surface area contributed by atoms with Gasteiger partial charge in [0.25, 0.3) is 0 Å². The van der Waals surface area contributed by atoms with Gasteiger partial charge < -0.3 is 9.84 Å². The molecule has 0 spiro atoms. The van der Waals surface area contributed by atoms with Crippen LogP contribution in [0.25, 0.3) is 0 Å². The summed E-state index contributed by atoms with van der Waals surface area (Å²) in [5, 5.41) is 8.46. The number of carbonyl (C=O) groups is 1. The second kappa shape index (κ2) is 4.85. The Hall–Kier alpha value is -1.76. The molecular weight excluding hydrogens is 258 g/mol. The van der Waals surface area contributed by atoms with Gasteiger partial charge in [-0.25, -0.2) is 8.42 Å². The van der Waals surface area contributed by atoms with Crippen LogP contribution in [0.1, 0.15) is 12.0 Å². The molecule has 0 saturated carbocycles. The van der Waals surface area contributed by atoms with Crippen LogP contribution < -0.4 is 9.46 Å². The molecule has 0 unspecified atom stereocenters. The zero-order chi connectivity index (χ0) is 13.2. The number of nitrogens with one attached hydrogen (secondary N) is 1. The lowest BCUT2D eigenvalue weighted by atomic mass is 10.1. The van der Waals surface area contributed by atoms with E-state index in [9.17, 15) is 13.2 Å². The van der Waals surface area contributed by atoms with Crippen LogP contribution in [-0.2, 0) is 21.2 Å². The molecule has 0 radical (unpaired) electrons. The number of hydrogen-bond donors (Lipinski definition) is 2. The summed E-state index contributed by atoms with van der Waals surface area (Å²) in [4.78, 5) is 10.3. The average molecular weight is 271 g/mol. The zero-order valence-corrected chi connectivity index (χ0v) is 10.4. The summed E-state index contributed by atoms with van der Waals surface area (Å²) in [6, 6.07) is 5.01. The number of rotatable bonds is 5. The van der Waals surface area contributed by atoms with Gasteiger partial charge in [0.05, 0.1) is 18.8 Å². The quantitative estimate of drug-likeness (QED) is 0.827. The molecule has 0 aliphatic carbocycles. The molecule has 0 fully saturated rings. The minimum Gasteiger partial charge on any atom is -0.493 e. The first-order chi connectivity index (χ1) is 8.46. The van der Waals surface area contributed by atoms with Crippen molar-refractivity contribution in [2.75, 3.05) is 17.1 Å². The predicted octanol–water partition coefficient (Wildman–Crippen LogP) is 0.838. The molecule has 1 aromatic rings. The van der Waals surface area contributed by atoms with Gasteiger partial charge in [-0.1, -0.05) is 0 Å². The highest BCUT2D eigenvalue weighted by molar-refractivity contribution is 7.92. The van der Waals surface area contributed by atoms with E-state index >= 15 is 0 Å². The third kappa shape index (κ3) is 3.13. The second-order valence-corrected chi connectivity index (χ2v) is 5.83. The number of benzene rings is 1. The minimum absolute atomic E-state index is 0.413. The number of sulfonamides is 1. The van der Waals surface area contributed by atoms with Crippen LogP contribution >= 0.6 is 0 Å². The summed E-state index contributed by atoms with van der Waals surface area (Å²) in [6.07, 6.45) is 0.337. The molecule has 7 heteroatoms. The van der Waals surface area contributed by atoms with Crippen molar-refractivity contribution in [3.8, 4) is 5.75 Å². The van der Waals surface area contributed by atoms with Crippen molar-refractivity contribution in [1.29, 1.82) is 0 Å². The monoisotopic (exact) mass is 271 g/mol. The van der Waals surface area contributed by atoms with Crippen molar-refractivity contribution in [1.82, 2.24) is 0 Å². The average Bonchev–Trinajstić information content (AvgIpc) is 2.73. The Labute approximate surface area is 105 Å². The van der Waals surface area contributed by atoms with E-state index in [0.717, 1.165) is 17.7 Å². The van der Waals surface area contributed by atoms with Crippen molar-refractivity contribution in [3.05, 3.63) is 23.8 Å². The Morgan fingerprint density at radius 1 is 1.44 bits per heavy atom. The molecule has 1 heterocycles. The standard InChI is InChI=1S/C11H13NO5S/c13-11(14)4-6-18(15,16)12-9-1-2-10-8(7-9)3-5-17-10/h1-2,7,12H,3-6H2,(H,13,14). The maximum absolute atomic E-state index is 11.6. The molecule has 18 heavy (non-hydrogen) atoms. The summed E-state index contributed by atoms with van der Waals surface area (Å²) in [5.74, 6) is -0.804. The van der Waals surface area contributed by atoms with Gasteiger partial charge in [0, 0.05) is 12.1 Å². The number of anilines is 1. The Kier molecular flexibility index (Phi) is 3.42. The molecule has 0 atom stereocenters. The maximum Gasteiger partial charge on any atom is 0.304 e. The lowest BCUT2D eigenvalue weighted by Crippen LogP contribution is -2.18. The van der Waals surface area contributed by atoms with Crippen molar-refractivity contribution in [2.24, 2.45) is 0 Å². The molecule has 1 aromatic carbocycles. The van der Waals surface area contributed by atoms with Gasteiger partial charge in [-0.15, -0.1) is 0 Å². The molecule has 2 N–H and O–H groups in total. The van der Waals surface area contributed by atoms with E-state index in [4.69, 9.17) is 9.84 Å². The summed E-state index contributed by atoms with van der Waals surface area (Å²) in [5.41, 5.74) is 1.39. The van der Waals surface area contributed by atoms with Crippen LogP contribution in [0, 0.1) is 0 Å². The number of ether oxygens (including phenoxy) is 1. The zero-order valence-electron chi connectivity index (χ0n) is 9.55. The van der Waals surface area contributed by atoms with E-state index in [1.165, 1.54) is 0 Å². The topological polar surface area (TPSA) is 92.7 Å². The number of carboxylic acids is 1. The fourth-order valence-electron chi connectivity index (χ4n) is 1.70. The molecular formula is C11H13NO5S. The summed E-state index contributed by atoms with van der Waals surface area (Å²) in [7, 11) is -3.62. The second-order valence-electron chi connectivity index (χ2n) is 3.99. The van der Waals surface area contributed by atoms with Crippen LogP contribution in [0.15, 0.2) is 18.2 Å². The smallest absolute Gasteiger partial charge is 0.304 e. The Bertz CT molecular complexity index is 567. The molecule has 0 saturated heterocycles. The minimum atomic E-state index is -3.62. The van der Waals surface area contributed by atoms with Crippen molar-refractivity contribution >= 4 is 21.7 Å². The van der Waals surface area contributed by atoms with Crippen LogP contribution in [0.5, 0.6) is 5.75 Å². The summed E-state index contributed by atoms with van der Waals surface area (Å²) >= 11 is 0. The molecule has 1 aliphatic rings. The van der Waals surface area contributed by atoms with E-state index in [-0.39, 0.29) is 0 Å².